The normalized spacial score (nSPS) is 15.3. The van der Waals surface area contributed by atoms with Crippen molar-refractivity contribution < 1.29 is 0 Å². The van der Waals surface area contributed by atoms with Crippen molar-refractivity contribution >= 4 is 57.0 Å². The molecule has 9 aromatic rings. The lowest BCUT2D eigenvalue weighted by atomic mass is 9.43. The van der Waals surface area contributed by atoms with Crippen LogP contribution in [0.5, 0.6) is 0 Å². The third-order valence-corrected chi connectivity index (χ3v) is 14.8. The standard InChI is InChI=1S/C61H51BN2/c1-40-34-52-53(61(4,5)33-32-60(52,2)3)39-56(40)63-55-31-29-45(42-20-11-7-12-21-42)37-54(55)62-58-51(36-47-24-15-16-27-49(47)59(58)63)50-30-28-46(43-22-13-8-14-23-43)38-57(50)64(62)48-26-17-25-44(35-48)41-18-9-6-10-19-41/h6-31,34-39H,32-33H2,1-5H3. The summed E-state index contributed by atoms with van der Waals surface area (Å²) in [6.45, 7) is 12.0. The van der Waals surface area contributed by atoms with E-state index >= 15 is 0 Å². The molecule has 0 N–H and O–H groups in total. The van der Waals surface area contributed by atoms with E-state index < -0.39 is 0 Å². The minimum Gasteiger partial charge on any atom is -0.376 e. The van der Waals surface area contributed by atoms with Crippen LogP contribution in [0.2, 0.25) is 0 Å². The molecule has 3 heteroatoms. The van der Waals surface area contributed by atoms with E-state index in [2.05, 4.69) is 238 Å². The summed E-state index contributed by atoms with van der Waals surface area (Å²) in [6.07, 6.45) is 2.35. The van der Waals surface area contributed by atoms with Gasteiger partial charge < -0.3 is 9.71 Å². The SMILES string of the molecule is Cc1cc2c(cc1N1c3ccc(-c4ccccc4)cc3B3c4c(cc5ccccc5c41)-c1ccc(-c4ccccc4)cc1N3c1cccc(-c3ccccc3)c1)C(C)(C)CCC2(C)C. The first kappa shape index (κ1) is 38.6. The lowest BCUT2D eigenvalue weighted by Gasteiger charge is -2.47. The van der Waals surface area contributed by atoms with Crippen molar-refractivity contribution in [2.24, 2.45) is 0 Å². The highest BCUT2D eigenvalue weighted by molar-refractivity contribution is 6.94. The fourth-order valence-corrected chi connectivity index (χ4v) is 11.3. The minimum atomic E-state index is -0.137. The van der Waals surface area contributed by atoms with Gasteiger partial charge in [-0.1, -0.05) is 185 Å². The molecule has 0 radical (unpaired) electrons. The molecule has 3 aliphatic rings. The lowest BCUT2D eigenvalue weighted by molar-refractivity contribution is 0.332. The van der Waals surface area contributed by atoms with E-state index in [0.29, 0.717) is 0 Å². The Morgan fingerprint density at radius 2 is 1.00 bits per heavy atom. The highest BCUT2D eigenvalue weighted by Crippen LogP contribution is 2.53. The molecule has 0 spiro atoms. The van der Waals surface area contributed by atoms with Crippen molar-refractivity contribution in [2.75, 3.05) is 9.71 Å². The zero-order valence-electron chi connectivity index (χ0n) is 37.4. The first-order chi connectivity index (χ1) is 31.1. The Balaban J connectivity index is 1.21. The fraction of sp³-hybridized carbons (Fsp3) is 0.148. The molecule has 2 heterocycles. The predicted molar refractivity (Wildman–Crippen MR) is 274 cm³/mol. The number of hydrogen-bond donors (Lipinski definition) is 0. The van der Waals surface area contributed by atoms with Crippen molar-refractivity contribution in [3.8, 4) is 44.5 Å². The van der Waals surface area contributed by atoms with E-state index in [1.54, 1.807) is 0 Å². The van der Waals surface area contributed by atoms with Crippen LogP contribution in [-0.2, 0) is 10.8 Å². The number of anilines is 5. The molecule has 12 rings (SSSR count). The smallest absolute Gasteiger partial charge is 0.333 e. The molecule has 0 saturated heterocycles. The van der Waals surface area contributed by atoms with E-state index in [0.717, 1.165) is 6.42 Å². The van der Waals surface area contributed by atoms with Gasteiger partial charge >= 0.3 is 6.85 Å². The zero-order valence-corrected chi connectivity index (χ0v) is 37.4. The molecule has 0 saturated carbocycles. The van der Waals surface area contributed by atoms with Crippen LogP contribution in [0.25, 0.3) is 55.3 Å². The molecular formula is C61H51BN2. The summed E-state index contributed by atoms with van der Waals surface area (Å²) in [4.78, 5) is 5.34. The molecule has 0 unspecified atom stereocenters. The second kappa shape index (κ2) is 14.5. The minimum absolute atomic E-state index is 0.0553. The van der Waals surface area contributed by atoms with Gasteiger partial charge in [0.25, 0.3) is 0 Å². The van der Waals surface area contributed by atoms with Crippen molar-refractivity contribution in [1.29, 1.82) is 0 Å². The third kappa shape index (κ3) is 6.01. The van der Waals surface area contributed by atoms with Crippen LogP contribution in [-0.4, -0.2) is 6.85 Å². The first-order valence-electron chi connectivity index (χ1n) is 23.0. The molecule has 9 aromatic carbocycles. The summed E-state index contributed by atoms with van der Waals surface area (Å²) in [5.41, 5.74) is 23.0. The van der Waals surface area contributed by atoms with E-state index in [9.17, 15) is 0 Å². The maximum absolute atomic E-state index is 2.67. The predicted octanol–water partition coefficient (Wildman–Crippen LogP) is 15.2. The third-order valence-electron chi connectivity index (χ3n) is 14.8. The topological polar surface area (TPSA) is 6.48 Å². The van der Waals surface area contributed by atoms with E-state index in [1.165, 1.54) is 118 Å². The molecule has 2 nitrogen and oxygen atoms in total. The molecule has 308 valence electrons. The van der Waals surface area contributed by atoms with Crippen LogP contribution >= 0.6 is 0 Å². The number of rotatable bonds is 5. The van der Waals surface area contributed by atoms with E-state index in [1.807, 2.05) is 0 Å². The second-order valence-corrected chi connectivity index (χ2v) is 19.6. The van der Waals surface area contributed by atoms with Gasteiger partial charge in [-0.3, -0.25) is 0 Å². The molecule has 0 fully saturated rings. The molecule has 0 aromatic heterocycles. The van der Waals surface area contributed by atoms with Crippen LogP contribution in [0.1, 0.15) is 57.2 Å². The average molecular weight is 823 g/mol. The van der Waals surface area contributed by atoms with Gasteiger partial charge in [-0.05, 0) is 139 Å². The summed E-state index contributed by atoms with van der Waals surface area (Å²) < 4.78 is 0. The Morgan fingerprint density at radius 1 is 0.438 bits per heavy atom. The van der Waals surface area contributed by atoms with E-state index in [4.69, 9.17) is 0 Å². The average Bonchev–Trinajstić information content (AvgIpc) is 3.33. The van der Waals surface area contributed by atoms with Crippen molar-refractivity contribution in [3.05, 3.63) is 211 Å². The van der Waals surface area contributed by atoms with Gasteiger partial charge in [-0.15, -0.1) is 0 Å². The van der Waals surface area contributed by atoms with Crippen LogP contribution in [0.15, 0.2) is 194 Å². The van der Waals surface area contributed by atoms with Gasteiger partial charge in [-0.25, -0.2) is 0 Å². The van der Waals surface area contributed by atoms with Gasteiger partial charge in [0.15, 0.2) is 0 Å². The van der Waals surface area contributed by atoms with Crippen molar-refractivity contribution in [1.82, 2.24) is 0 Å². The summed E-state index contributed by atoms with van der Waals surface area (Å²) in [6, 6.07) is 72.9. The van der Waals surface area contributed by atoms with Gasteiger partial charge in [0.1, 0.15) is 0 Å². The number of nitrogens with zero attached hydrogens (tertiary/aromatic N) is 2. The van der Waals surface area contributed by atoms with Crippen LogP contribution in [0.3, 0.4) is 0 Å². The second-order valence-electron chi connectivity index (χ2n) is 19.6. The van der Waals surface area contributed by atoms with Crippen LogP contribution in [0, 0.1) is 6.92 Å². The van der Waals surface area contributed by atoms with Crippen molar-refractivity contribution in [3.63, 3.8) is 0 Å². The Bertz CT molecular complexity index is 3300. The molecule has 0 atom stereocenters. The summed E-state index contributed by atoms with van der Waals surface area (Å²) >= 11 is 0. The zero-order chi connectivity index (χ0) is 43.3. The van der Waals surface area contributed by atoms with Gasteiger partial charge in [0, 0.05) is 33.7 Å². The monoisotopic (exact) mass is 822 g/mol. The van der Waals surface area contributed by atoms with Gasteiger partial charge in [0.05, 0.1) is 5.69 Å². The highest BCUT2D eigenvalue weighted by atomic mass is 15.2. The van der Waals surface area contributed by atoms with E-state index in [-0.39, 0.29) is 17.7 Å². The lowest BCUT2D eigenvalue weighted by Crippen LogP contribution is -2.61. The molecule has 2 aliphatic heterocycles. The Labute approximate surface area is 378 Å². The molecular weight excluding hydrogens is 771 g/mol. The Morgan fingerprint density at radius 3 is 1.67 bits per heavy atom. The van der Waals surface area contributed by atoms with Crippen LogP contribution in [0.4, 0.5) is 28.4 Å². The fourth-order valence-electron chi connectivity index (χ4n) is 11.3. The summed E-state index contributed by atoms with van der Waals surface area (Å²) in [5.74, 6) is 0. The molecule has 64 heavy (non-hydrogen) atoms. The Kier molecular flexibility index (Phi) is 8.72. The maximum atomic E-state index is 2.67. The van der Waals surface area contributed by atoms with Crippen LogP contribution < -0.4 is 20.6 Å². The van der Waals surface area contributed by atoms with Crippen molar-refractivity contribution in [2.45, 2.75) is 58.3 Å². The maximum Gasteiger partial charge on any atom is 0.333 e. The summed E-state index contributed by atoms with van der Waals surface area (Å²) in [5, 5.41) is 2.52. The number of aryl methyl sites for hydroxylation is 1. The van der Waals surface area contributed by atoms with Gasteiger partial charge in [0.2, 0.25) is 0 Å². The molecule has 0 bridgehead atoms. The highest BCUT2D eigenvalue weighted by Gasteiger charge is 2.47. The quantitative estimate of drug-likeness (QED) is 0.160. The largest absolute Gasteiger partial charge is 0.376 e. The first-order valence-corrected chi connectivity index (χ1v) is 23.0. The van der Waals surface area contributed by atoms with Gasteiger partial charge in [-0.2, -0.15) is 0 Å². The molecule has 0 amide bonds. The summed E-state index contributed by atoms with van der Waals surface area (Å²) in [7, 11) is 0. The molecule has 1 aliphatic carbocycles. The number of benzene rings is 9. The number of fused-ring (bicyclic) bond motifs is 7. The number of hydrogen-bond acceptors (Lipinski definition) is 2. The Hall–Kier alpha value is -7.10.